The van der Waals surface area contributed by atoms with Gasteiger partial charge in [-0.2, -0.15) is 0 Å². The Labute approximate surface area is 79.1 Å². The van der Waals surface area contributed by atoms with Gasteiger partial charge < -0.3 is 4.74 Å². The lowest BCUT2D eigenvalue weighted by molar-refractivity contribution is -0.0648. The molecule has 2 nitrogen and oxygen atoms in total. The van der Waals surface area contributed by atoms with Gasteiger partial charge >= 0.3 is 0 Å². The first-order chi connectivity index (χ1) is 6.12. The van der Waals surface area contributed by atoms with E-state index in [-0.39, 0.29) is 11.6 Å². The fraction of sp³-hybridized carbons (Fsp3) is 1.00. The molecule has 2 heterocycles. The first-order valence-corrected chi connectivity index (χ1v) is 5.13. The topological polar surface area (TPSA) is 12.5 Å². The molecule has 2 rings (SSSR count). The van der Waals surface area contributed by atoms with Crippen molar-refractivity contribution in [2.24, 2.45) is 0 Å². The van der Waals surface area contributed by atoms with Crippen LogP contribution in [0.2, 0.25) is 0 Å². The maximum absolute atomic E-state index is 13.1. The summed E-state index contributed by atoms with van der Waals surface area (Å²) in [4.78, 5) is 2.24. The van der Waals surface area contributed by atoms with Crippen LogP contribution in [0.4, 0.5) is 4.39 Å². The molecule has 0 N–H and O–H groups in total. The number of alkyl halides is 1. The molecule has 0 aromatic heterocycles. The van der Waals surface area contributed by atoms with Crippen molar-refractivity contribution in [2.45, 2.75) is 44.5 Å². The van der Waals surface area contributed by atoms with Gasteiger partial charge in [-0.15, -0.1) is 0 Å². The van der Waals surface area contributed by atoms with Crippen molar-refractivity contribution in [1.29, 1.82) is 0 Å². The minimum Gasteiger partial charge on any atom is -0.377 e. The van der Waals surface area contributed by atoms with Gasteiger partial charge in [-0.25, -0.2) is 4.39 Å². The Morgan fingerprint density at radius 2 is 2.38 bits per heavy atom. The van der Waals surface area contributed by atoms with Crippen LogP contribution in [0, 0.1) is 0 Å². The van der Waals surface area contributed by atoms with E-state index in [1.807, 2.05) is 13.8 Å². The summed E-state index contributed by atoms with van der Waals surface area (Å²) in [5, 5.41) is 0. The van der Waals surface area contributed by atoms with E-state index in [0.717, 1.165) is 13.0 Å². The van der Waals surface area contributed by atoms with Crippen LogP contribution in [-0.4, -0.2) is 42.4 Å². The van der Waals surface area contributed by atoms with Gasteiger partial charge in [-0.3, -0.25) is 4.90 Å². The zero-order chi connectivity index (χ0) is 9.47. The van der Waals surface area contributed by atoms with E-state index < -0.39 is 6.17 Å². The molecule has 0 bridgehead atoms. The molecule has 2 saturated heterocycles. The molecule has 0 radical (unpaired) electrons. The highest BCUT2D eigenvalue weighted by molar-refractivity contribution is 5.07. The summed E-state index contributed by atoms with van der Waals surface area (Å²) < 4.78 is 18.7. The summed E-state index contributed by atoms with van der Waals surface area (Å²) >= 11 is 0. The maximum Gasteiger partial charge on any atom is 0.115 e. The second kappa shape index (κ2) is 3.21. The Morgan fingerprint density at radius 3 is 2.85 bits per heavy atom. The van der Waals surface area contributed by atoms with Gasteiger partial charge in [0.05, 0.1) is 12.7 Å². The molecule has 2 fully saturated rings. The Morgan fingerprint density at radius 1 is 1.62 bits per heavy atom. The van der Waals surface area contributed by atoms with Gasteiger partial charge in [0.2, 0.25) is 0 Å². The van der Waals surface area contributed by atoms with Crippen LogP contribution in [0.1, 0.15) is 26.7 Å². The highest BCUT2D eigenvalue weighted by Crippen LogP contribution is 2.41. The highest BCUT2D eigenvalue weighted by atomic mass is 19.1. The number of ether oxygens (including phenoxy) is 1. The van der Waals surface area contributed by atoms with Crippen LogP contribution in [0.3, 0.4) is 0 Å². The van der Waals surface area contributed by atoms with E-state index in [4.69, 9.17) is 4.74 Å². The molecule has 0 spiro atoms. The van der Waals surface area contributed by atoms with E-state index in [9.17, 15) is 4.39 Å². The van der Waals surface area contributed by atoms with Crippen LogP contribution in [0.5, 0.6) is 0 Å². The molecule has 2 aliphatic rings. The zero-order valence-electron chi connectivity index (χ0n) is 8.42. The second-order valence-electron chi connectivity index (χ2n) is 4.58. The van der Waals surface area contributed by atoms with Gasteiger partial charge in [-0.1, -0.05) is 0 Å². The molecule has 0 amide bonds. The van der Waals surface area contributed by atoms with Crippen LogP contribution in [-0.2, 0) is 4.74 Å². The quantitative estimate of drug-likeness (QED) is 0.665. The molecular formula is C10H18FNO. The Bertz CT molecular complexity index is 197. The molecule has 2 atom stereocenters. The number of hydrogen-bond donors (Lipinski definition) is 0. The van der Waals surface area contributed by atoms with Gasteiger partial charge in [0.15, 0.2) is 0 Å². The van der Waals surface area contributed by atoms with Crippen LogP contribution in [0.25, 0.3) is 0 Å². The molecule has 0 saturated carbocycles. The monoisotopic (exact) mass is 187 g/mol. The van der Waals surface area contributed by atoms with E-state index in [0.29, 0.717) is 19.6 Å². The van der Waals surface area contributed by atoms with Gasteiger partial charge in [0, 0.05) is 25.0 Å². The maximum atomic E-state index is 13.1. The lowest BCUT2D eigenvalue weighted by Crippen LogP contribution is -2.58. The predicted molar refractivity (Wildman–Crippen MR) is 49.5 cm³/mol. The standard InChI is InChI=1S/C10H18FNO/c1-8(2)13-7-10-3-4-12(10)6-9(11)5-10/h8-9H,3-7H2,1-2H3/t9-,10-/m0/s1. The van der Waals surface area contributed by atoms with Crippen molar-refractivity contribution in [1.82, 2.24) is 4.90 Å². The zero-order valence-corrected chi connectivity index (χ0v) is 8.42. The Balaban J connectivity index is 1.89. The number of fused-ring (bicyclic) bond motifs is 1. The average Bonchev–Trinajstić information content (AvgIpc) is 2.25. The van der Waals surface area contributed by atoms with E-state index in [2.05, 4.69) is 4.90 Å². The predicted octanol–water partition coefficient (Wildman–Crippen LogP) is 1.60. The highest BCUT2D eigenvalue weighted by Gasteiger charge is 2.52. The van der Waals surface area contributed by atoms with Crippen LogP contribution in [0.15, 0.2) is 0 Å². The van der Waals surface area contributed by atoms with Crippen molar-refractivity contribution in [3.63, 3.8) is 0 Å². The van der Waals surface area contributed by atoms with Gasteiger partial charge in [0.1, 0.15) is 6.17 Å². The fourth-order valence-electron chi connectivity index (χ4n) is 2.36. The molecule has 0 aromatic carbocycles. The molecule has 0 aliphatic carbocycles. The summed E-state index contributed by atoms with van der Waals surface area (Å²) in [7, 11) is 0. The number of rotatable bonds is 3. The van der Waals surface area contributed by atoms with Gasteiger partial charge in [0.25, 0.3) is 0 Å². The lowest BCUT2D eigenvalue weighted by Gasteiger charge is -2.47. The van der Waals surface area contributed by atoms with E-state index in [1.165, 1.54) is 0 Å². The Kier molecular flexibility index (Phi) is 2.32. The fourth-order valence-corrected chi connectivity index (χ4v) is 2.36. The van der Waals surface area contributed by atoms with Crippen molar-refractivity contribution in [3.05, 3.63) is 0 Å². The third-order valence-corrected chi connectivity index (χ3v) is 3.22. The van der Waals surface area contributed by atoms with Crippen LogP contribution >= 0.6 is 0 Å². The van der Waals surface area contributed by atoms with Crippen molar-refractivity contribution < 1.29 is 9.13 Å². The minimum atomic E-state index is -0.627. The minimum absolute atomic E-state index is 0.0731. The molecule has 2 aliphatic heterocycles. The first-order valence-electron chi connectivity index (χ1n) is 5.13. The second-order valence-corrected chi connectivity index (χ2v) is 4.58. The molecule has 76 valence electrons. The average molecular weight is 187 g/mol. The molecular weight excluding hydrogens is 169 g/mol. The SMILES string of the molecule is CC(C)OC[C@@]12CCN1C[C@@H](F)C2. The largest absolute Gasteiger partial charge is 0.377 e. The number of halogens is 1. The third kappa shape index (κ3) is 1.59. The molecule has 0 unspecified atom stereocenters. The van der Waals surface area contributed by atoms with Crippen molar-refractivity contribution >= 4 is 0 Å². The molecule has 3 heteroatoms. The lowest BCUT2D eigenvalue weighted by atomic mass is 9.86. The van der Waals surface area contributed by atoms with Crippen molar-refractivity contribution in [3.8, 4) is 0 Å². The Hall–Kier alpha value is -0.150. The summed E-state index contributed by atoms with van der Waals surface area (Å²) in [5.74, 6) is 0. The summed E-state index contributed by atoms with van der Waals surface area (Å²) in [6, 6.07) is 0. The summed E-state index contributed by atoms with van der Waals surface area (Å²) in [6.07, 6.45) is 1.42. The third-order valence-electron chi connectivity index (χ3n) is 3.22. The smallest absolute Gasteiger partial charge is 0.115 e. The first kappa shape index (κ1) is 9.41. The van der Waals surface area contributed by atoms with Crippen LogP contribution < -0.4 is 0 Å². The van der Waals surface area contributed by atoms with E-state index >= 15 is 0 Å². The normalized spacial score (nSPS) is 39.2. The number of nitrogens with zero attached hydrogens (tertiary/aromatic N) is 1. The van der Waals surface area contributed by atoms with Gasteiger partial charge in [-0.05, 0) is 20.3 Å². The van der Waals surface area contributed by atoms with E-state index in [1.54, 1.807) is 0 Å². The molecule has 0 aromatic rings. The summed E-state index contributed by atoms with van der Waals surface area (Å²) in [5.41, 5.74) is 0.0731. The number of hydrogen-bond acceptors (Lipinski definition) is 2. The molecule has 13 heavy (non-hydrogen) atoms. The van der Waals surface area contributed by atoms with Crippen molar-refractivity contribution in [2.75, 3.05) is 19.7 Å². The summed E-state index contributed by atoms with van der Waals surface area (Å²) in [6.45, 7) is 6.46.